The maximum absolute atomic E-state index is 12.5. The molecule has 0 aromatic heterocycles. The number of carbonyl (C=O) groups excluding carboxylic acids is 1. The largest absolute Gasteiger partial charge is 0.490 e. The fourth-order valence-electron chi connectivity index (χ4n) is 3.05. The van der Waals surface area contributed by atoms with E-state index < -0.39 is 0 Å². The highest BCUT2D eigenvalue weighted by molar-refractivity contribution is 5.85. The molecule has 3 rings (SSSR count). The molecule has 4 nitrogen and oxygen atoms in total. The lowest BCUT2D eigenvalue weighted by Crippen LogP contribution is -2.42. The number of hydrogen-bond acceptors (Lipinski definition) is 3. The minimum Gasteiger partial charge on any atom is -0.490 e. The number of carbonyl (C=O) groups is 1. The van der Waals surface area contributed by atoms with E-state index >= 15 is 0 Å². The first-order chi connectivity index (χ1) is 11.7. The number of halogens is 1. The van der Waals surface area contributed by atoms with Crippen LogP contribution in [0, 0.1) is 0 Å². The summed E-state index contributed by atoms with van der Waals surface area (Å²) in [5, 5.41) is 0. The molecule has 2 aromatic rings. The number of para-hydroxylation sites is 1. The molecule has 1 amide bonds. The minimum absolute atomic E-state index is 0. The van der Waals surface area contributed by atoms with Gasteiger partial charge in [-0.2, -0.15) is 0 Å². The van der Waals surface area contributed by atoms with Crippen LogP contribution in [0.25, 0.3) is 0 Å². The van der Waals surface area contributed by atoms with Gasteiger partial charge in [0, 0.05) is 38.4 Å². The molecule has 1 saturated heterocycles. The summed E-state index contributed by atoms with van der Waals surface area (Å²) in [6.07, 6.45) is 2.26. The van der Waals surface area contributed by atoms with Gasteiger partial charge in [0.15, 0.2) is 0 Å². The van der Waals surface area contributed by atoms with Gasteiger partial charge in [-0.05, 0) is 17.7 Å². The average molecular weight is 361 g/mol. The molecule has 134 valence electrons. The van der Waals surface area contributed by atoms with Crippen molar-refractivity contribution in [1.29, 1.82) is 0 Å². The van der Waals surface area contributed by atoms with Gasteiger partial charge in [0.05, 0.1) is 0 Å². The van der Waals surface area contributed by atoms with Crippen LogP contribution < -0.4 is 10.5 Å². The lowest BCUT2D eigenvalue weighted by atomic mass is 10.0. The molecule has 0 aliphatic carbocycles. The molecule has 0 saturated carbocycles. The molecule has 25 heavy (non-hydrogen) atoms. The summed E-state index contributed by atoms with van der Waals surface area (Å²) < 4.78 is 5.97. The molecule has 1 atom stereocenters. The maximum atomic E-state index is 12.5. The quantitative estimate of drug-likeness (QED) is 0.886. The normalized spacial score (nSPS) is 16.0. The fourth-order valence-corrected chi connectivity index (χ4v) is 3.05. The van der Waals surface area contributed by atoms with E-state index in [1.54, 1.807) is 0 Å². The highest BCUT2D eigenvalue weighted by Crippen LogP contribution is 2.21. The van der Waals surface area contributed by atoms with Crippen molar-refractivity contribution < 1.29 is 9.53 Å². The molecule has 1 fully saturated rings. The van der Waals surface area contributed by atoms with E-state index in [9.17, 15) is 4.79 Å². The first kappa shape index (κ1) is 19.3. The number of ether oxygens (including phenoxy) is 1. The van der Waals surface area contributed by atoms with Crippen LogP contribution in [0.1, 0.15) is 30.9 Å². The molecule has 1 unspecified atom stereocenters. The van der Waals surface area contributed by atoms with Crippen molar-refractivity contribution in [2.24, 2.45) is 5.73 Å². The van der Waals surface area contributed by atoms with Crippen LogP contribution in [0.4, 0.5) is 0 Å². The van der Waals surface area contributed by atoms with Crippen LogP contribution >= 0.6 is 12.4 Å². The molecule has 2 N–H and O–H groups in total. The van der Waals surface area contributed by atoms with E-state index in [1.807, 2.05) is 65.6 Å². The van der Waals surface area contributed by atoms with Crippen LogP contribution in [0.2, 0.25) is 0 Å². The van der Waals surface area contributed by atoms with E-state index in [0.29, 0.717) is 6.42 Å². The Morgan fingerprint density at radius 2 is 1.60 bits per heavy atom. The second-order valence-electron chi connectivity index (χ2n) is 6.23. The number of amides is 1. The SMILES string of the molecule is Cl.NC(CC(=O)N1CCC(Oc2ccccc2)CC1)c1ccccc1. The van der Waals surface area contributed by atoms with Gasteiger partial charge >= 0.3 is 0 Å². The average Bonchev–Trinajstić information content (AvgIpc) is 2.64. The predicted octanol–water partition coefficient (Wildman–Crippen LogP) is 3.57. The topological polar surface area (TPSA) is 55.6 Å². The van der Waals surface area contributed by atoms with E-state index in [1.165, 1.54) is 0 Å². The predicted molar refractivity (Wildman–Crippen MR) is 102 cm³/mol. The minimum atomic E-state index is -0.239. The Morgan fingerprint density at radius 3 is 2.20 bits per heavy atom. The highest BCUT2D eigenvalue weighted by Gasteiger charge is 2.25. The van der Waals surface area contributed by atoms with E-state index in [-0.39, 0.29) is 30.5 Å². The lowest BCUT2D eigenvalue weighted by molar-refractivity contribution is -0.133. The smallest absolute Gasteiger partial charge is 0.224 e. The number of likely N-dealkylation sites (tertiary alicyclic amines) is 1. The van der Waals surface area contributed by atoms with Crippen molar-refractivity contribution >= 4 is 18.3 Å². The fraction of sp³-hybridized carbons (Fsp3) is 0.350. The second kappa shape index (κ2) is 9.44. The molecule has 1 heterocycles. The third kappa shape index (κ3) is 5.48. The van der Waals surface area contributed by atoms with Crippen LogP contribution in [-0.4, -0.2) is 30.0 Å². The first-order valence-corrected chi connectivity index (χ1v) is 8.52. The number of benzene rings is 2. The zero-order valence-corrected chi connectivity index (χ0v) is 15.0. The molecular formula is C20H25ClN2O2. The van der Waals surface area contributed by atoms with E-state index in [2.05, 4.69) is 0 Å². The zero-order valence-electron chi connectivity index (χ0n) is 14.2. The summed E-state index contributed by atoms with van der Waals surface area (Å²) in [6, 6.07) is 19.4. The summed E-state index contributed by atoms with van der Waals surface area (Å²) in [6.45, 7) is 1.47. The maximum Gasteiger partial charge on any atom is 0.224 e. The Hall–Kier alpha value is -2.04. The van der Waals surface area contributed by atoms with Crippen molar-refractivity contribution in [2.75, 3.05) is 13.1 Å². The van der Waals surface area contributed by atoms with Crippen LogP contribution in [0.3, 0.4) is 0 Å². The van der Waals surface area contributed by atoms with Gasteiger partial charge in [0.2, 0.25) is 5.91 Å². The van der Waals surface area contributed by atoms with Gasteiger partial charge in [-0.15, -0.1) is 12.4 Å². The lowest BCUT2D eigenvalue weighted by Gasteiger charge is -2.32. The monoisotopic (exact) mass is 360 g/mol. The summed E-state index contributed by atoms with van der Waals surface area (Å²) in [4.78, 5) is 14.4. The third-order valence-corrected chi connectivity index (χ3v) is 4.46. The summed E-state index contributed by atoms with van der Waals surface area (Å²) in [5.74, 6) is 1.03. The van der Waals surface area contributed by atoms with E-state index in [4.69, 9.17) is 10.5 Å². The Balaban J connectivity index is 0.00000225. The molecule has 0 bridgehead atoms. The highest BCUT2D eigenvalue weighted by atomic mass is 35.5. The van der Waals surface area contributed by atoms with Gasteiger partial charge in [-0.25, -0.2) is 0 Å². The van der Waals surface area contributed by atoms with Gasteiger partial charge in [-0.3, -0.25) is 4.79 Å². The third-order valence-electron chi connectivity index (χ3n) is 4.46. The molecular weight excluding hydrogens is 336 g/mol. The van der Waals surface area contributed by atoms with Crippen LogP contribution in [0.15, 0.2) is 60.7 Å². The zero-order chi connectivity index (χ0) is 16.8. The van der Waals surface area contributed by atoms with Crippen molar-refractivity contribution in [3.8, 4) is 5.75 Å². The van der Waals surface area contributed by atoms with Crippen molar-refractivity contribution in [2.45, 2.75) is 31.4 Å². The molecule has 0 radical (unpaired) electrons. The molecule has 1 aliphatic heterocycles. The Labute approximate surface area is 155 Å². The number of rotatable bonds is 5. The van der Waals surface area contributed by atoms with Crippen molar-refractivity contribution in [3.05, 3.63) is 66.2 Å². The van der Waals surface area contributed by atoms with Crippen molar-refractivity contribution in [1.82, 2.24) is 4.90 Å². The van der Waals surface area contributed by atoms with Gasteiger partial charge in [0.1, 0.15) is 11.9 Å². The molecule has 5 heteroatoms. The molecule has 0 spiro atoms. The number of hydrogen-bond donors (Lipinski definition) is 1. The van der Waals surface area contributed by atoms with Crippen LogP contribution in [-0.2, 0) is 4.79 Å². The number of nitrogens with zero attached hydrogens (tertiary/aromatic N) is 1. The summed E-state index contributed by atoms with van der Waals surface area (Å²) in [7, 11) is 0. The van der Waals surface area contributed by atoms with Gasteiger partial charge < -0.3 is 15.4 Å². The summed E-state index contributed by atoms with van der Waals surface area (Å²) in [5.41, 5.74) is 7.17. The second-order valence-corrected chi connectivity index (χ2v) is 6.23. The standard InChI is InChI=1S/C20H24N2O2.ClH/c21-19(16-7-3-1-4-8-16)15-20(23)22-13-11-18(12-14-22)24-17-9-5-2-6-10-17;/h1-10,18-19H,11-15,21H2;1H. The Bertz CT molecular complexity index is 643. The first-order valence-electron chi connectivity index (χ1n) is 8.52. The van der Waals surface area contributed by atoms with Crippen molar-refractivity contribution in [3.63, 3.8) is 0 Å². The van der Waals surface area contributed by atoms with Crippen LogP contribution in [0.5, 0.6) is 5.75 Å². The number of piperidine rings is 1. The van der Waals surface area contributed by atoms with Gasteiger partial charge in [0.25, 0.3) is 0 Å². The number of nitrogens with two attached hydrogens (primary N) is 1. The summed E-state index contributed by atoms with van der Waals surface area (Å²) >= 11 is 0. The van der Waals surface area contributed by atoms with Gasteiger partial charge in [-0.1, -0.05) is 48.5 Å². The van der Waals surface area contributed by atoms with E-state index in [0.717, 1.165) is 37.2 Å². The molecule has 2 aromatic carbocycles. The molecule has 1 aliphatic rings. The Kier molecular flexibility index (Phi) is 7.29. The Morgan fingerprint density at radius 1 is 1.04 bits per heavy atom.